The lowest BCUT2D eigenvalue weighted by molar-refractivity contribution is 0.182. The van der Waals surface area contributed by atoms with Crippen LogP contribution in [-0.4, -0.2) is 31.6 Å². The van der Waals surface area contributed by atoms with Gasteiger partial charge in [0.05, 0.1) is 0 Å². The number of nitrogens with one attached hydrogen (secondary N) is 1. The average Bonchev–Trinajstić information content (AvgIpc) is 2.39. The minimum absolute atomic E-state index is 0.605. The minimum atomic E-state index is 0.605. The highest BCUT2D eigenvalue weighted by molar-refractivity contribution is 5.32. The van der Waals surface area contributed by atoms with E-state index in [1.807, 2.05) is 0 Å². The molecule has 1 atom stereocenters. The van der Waals surface area contributed by atoms with Crippen molar-refractivity contribution in [2.45, 2.75) is 25.3 Å². The van der Waals surface area contributed by atoms with Crippen molar-refractivity contribution in [1.29, 1.82) is 0 Å². The summed E-state index contributed by atoms with van der Waals surface area (Å²) in [6.07, 6.45) is 3.87. The molecule has 0 radical (unpaired) electrons. The van der Waals surface area contributed by atoms with Crippen LogP contribution < -0.4 is 5.32 Å². The molecule has 0 aromatic heterocycles. The molecule has 17 heavy (non-hydrogen) atoms. The van der Waals surface area contributed by atoms with Crippen LogP contribution in [0.3, 0.4) is 0 Å². The smallest absolute Gasteiger partial charge is 0.0352 e. The van der Waals surface area contributed by atoms with E-state index in [0.29, 0.717) is 6.04 Å². The Kier molecular flexibility index (Phi) is 3.17. The minimum Gasteiger partial charge on any atom is -0.309 e. The van der Waals surface area contributed by atoms with Gasteiger partial charge in [-0.1, -0.05) is 24.3 Å². The summed E-state index contributed by atoms with van der Waals surface area (Å²) in [5.74, 6) is 0.827. The van der Waals surface area contributed by atoms with E-state index < -0.39 is 0 Å². The highest BCUT2D eigenvalue weighted by atomic mass is 15.1. The van der Waals surface area contributed by atoms with E-state index in [1.54, 1.807) is 11.1 Å². The largest absolute Gasteiger partial charge is 0.309 e. The molecule has 1 aromatic carbocycles. The number of fused-ring (bicyclic) bond motifs is 1. The van der Waals surface area contributed by atoms with Gasteiger partial charge in [0.1, 0.15) is 0 Å². The van der Waals surface area contributed by atoms with E-state index in [4.69, 9.17) is 0 Å². The standard InChI is InChI=1S/C15H22N2/c1-17-10-7-13(8-11-17)15-14-5-3-2-4-12(14)6-9-16-15/h2-5,13,15-16H,6-11H2,1H3/t15-/m1/s1. The molecule has 2 nitrogen and oxygen atoms in total. The SMILES string of the molecule is CN1CCC([C@H]2NCCc3ccccc32)CC1. The van der Waals surface area contributed by atoms with E-state index in [0.717, 1.165) is 12.5 Å². The fraction of sp³-hybridized carbons (Fsp3) is 0.600. The third kappa shape index (κ3) is 2.24. The Morgan fingerprint density at radius 2 is 1.94 bits per heavy atom. The molecule has 1 N–H and O–H groups in total. The van der Waals surface area contributed by atoms with E-state index in [2.05, 4.69) is 41.5 Å². The Morgan fingerprint density at radius 1 is 1.18 bits per heavy atom. The maximum atomic E-state index is 3.74. The van der Waals surface area contributed by atoms with Gasteiger partial charge in [0.15, 0.2) is 0 Å². The summed E-state index contributed by atoms with van der Waals surface area (Å²) in [4.78, 5) is 2.45. The van der Waals surface area contributed by atoms with Crippen molar-refractivity contribution in [2.24, 2.45) is 5.92 Å². The van der Waals surface area contributed by atoms with Gasteiger partial charge in [-0.15, -0.1) is 0 Å². The van der Waals surface area contributed by atoms with Gasteiger partial charge in [0.25, 0.3) is 0 Å². The molecule has 92 valence electrons. The Bertz CT molecular complexity index is 380. The fourth-order valence-electron chi connectivity index (χ4n) is 3.32. The molecule has 1 saturated heterocycles. The first-order valence-electron chi connectivity index (χ1n) is 6.84. The summed E-state index contributed by atoms with van der Waals surface area (Å²) >= 11 is 0. The normalized spacial score (nSPS) is 26.8. The Morgan fingerprint density at radius 3 is 2.76 bits per heavy atom. The number of nitrogens with zero attached hydrogens (tertiary/aromatic N) is 1. The van der Waals surface area contributed by atoms with Crippen molar-refractivity contribution in [1.82, 2.24) is 10.2 Å². The number of hydrogen-bond donors (Lipinski definition) is 1. The molecule has 0 saturated carbocycles. The van der Waals surface area contributed by atoms with Crippen LogP contribution in [-0.2, 0) is 6.42 Å². The van der Waals surface area contributed by atoms with E-state index >= 15 is 0 Å². The highest BCUT2D eigenvalue weighted by Gasteiger charge is 2.29. The molecule has 0 bridgehead atoms. The maximum Gasteiger partial charge on any atom is 0.0352 e. The highest BCUT2D eigenvalue weighted by Crippen LogP contribution is 2.34. The summed E-state index contributed by atoms with van der Waals surface area (Å²) in [6.45, 7) is 3.66. The van der Waals surface area contributed by atoms with Crippen molar-refractivity contribution >= 4 is 0 Å². The molecule has 3 rings (SSSR count). The van der Waals surface area contributed by atoms with Gasteiger partial charge in [-0.25, -0.2) is 0 Å². The van der Waals surface area contributed by atoms with Gasteiger partial charge < -0.3 is 10.2 Å². The van der Waals surface area contributed by atoms with Crippen molar-refractivity contribution in [3.8, 4) is 0 Å². The molecule has 2 heteroatoms. The molecule has 0 unspecified atom stereocenters. The zero-order valence-electron chi connectivity index (χ0n) is 10.7. The van der Waals surface area contributed by atoms with Gasteiger partial charge in [-0.3, -0.25) is 0 Å². The van der Waals surface area contributed by atoms with Crippen molar-refractivity contribution in [2.75, 3.05) is 26.7 Å². The van der Waals surface area contributed by atoms with E-state index in [-0.39, 0.29) is 0 Å². The first-order valence-corrected chi connectivity index (χ1v) is 6.84. The lowest BCUT2D eigenvalue weighted by atomic mass is 9.81. The van der Waals surface area contributed by atoms with Crippen LogP contribution in [0.2, 0.25) is 0 Å². The number of likely N-dealkylation sites (tertiary alicyclic amines) is 1. The van der Waals surface area contributed by atoms with Crippen molar-refractivity contribution in [3.63, 3.8) is 0 Å². The van der Waals surface area contributed by atoms with Crippen LogP contribution in [0.1, 0.15) is 30.0 Å². The monoisotopic (exact) mass is 230 g/mol. The molecule has 0 amide bonds. The summed E-state index contributed by atoms with van der Waals surface area (Å²) in [5.41, 5.74) is 3.13. The van der Waals surface area contributed by atoms with Crippen LogP contribution in [0.15, 0.2) is 24.3 Å². The topological polar surface area (TPSA) is 15.3 Å². The quantitative estimate of drug-likeness (QED) is 0.796. The second-order valence-corrected chi connectivity index (χ2v) is 5.52. The van der Waals surface area contributed by atoms with Crippen LogP contribution >= 0.6 is 0 Å². The second-order valence-electron chi connectivity index (χ2n) is 5.52. The van der Waals surface area contributed by atoms with Crippen molar-refractivity contribution < 1.29 is 0 Å². The molecule has 1 fully saturated rings. The zero-order valence-corrected chi connectivity index (χ0v) is 10.7. The third-order valence-electron chi connectivity index (χ3n) is 4.38. The van der Waals surface area contributed by atoms with Crippen LogP contribution in [0.5, 0.6) is 0 Å². The van der Waals surface area contributed by atoms with Crippen LogP contribution in [0.25, 0.3) is 0 Å². The fourth-order valence-corrected chi connectivity index (χ4v) is 3.32. The first-order chi connectivity index (χ1) is 8.34. The zero-order chi connectivity index (χ0) is 11.7. The Labute approximate surface area is 104 Å². The summed E-state index contributed by atoms with van der Waals surface area (Å²) < 4.78 is 0. The van der Waals surface area contributed by atoms with Crippen LogP contribution in [0.4, 0.5) is 0 Å². The Balaban J connectivity index is 1.80. The lowest BCUT2D eigenvalue weighted by Gasteiger charge is -2.38. The first kappa shape index (κ1) is 11.2. The average molecular weight is 230 g/mol. The molecule has 2 heterocycles. The van der Waals surface area contributed by atoms with Gasteiger partial charge in [0, 0.05) is 6.04 Å². The van der Waals surface area contributed by atoms with Gasteiger partial charge in [0.2, 0.25) is 0 Å². The number of benzene rings is 1. The summed E-state index contributed by atoms with van der Waals surface area (Å²) in [7, 11) is 2.23. The van der Waals surface area contributed by atoms with Gasteiger partial charge in [-0.2, -0.15) is 0 Å². The maximum absolute atomic E-state index is 3.74. The summed E-state index contributed by atoms with van der Waals surface area (Å²) in [6, 6.07) is 9.60. The van der Waals surface area contributed by atoms with Crippen LogP contribution in [0, 0.1) is 5.92 Å². The van der Waals surface area contributed by atoms with Gasteiger partial charge >= 0.3 is 0 Å². The number of hydrogen-bond acceptors (Lipinski definition) is 2. The third-order valence-corrected chi connectivity index (χ3v) is 4.38. The van der Waals surface area contributed by atoms with E-state index in [1.165, 1.54) is 32.4 Å². The molecular weight excluding hydrogens is 208 g/mol. The predicted molar refractivity (Wildman–Crippen MR) is 71.1 cm³/mol. The number of rotatable bonds is 1. The molecular formula is C15H22N2. The second kappa shape index (κ2) is 4.79. The molecule has 2 aliphatic rings. The Hall–Kier alpha value is -0.860. The molecule has 0 spiro atoms. The van der Waals surface area contributed by atoms with Gasteiger partial charge in [-0.05, 0) is 63.0 Å². The molecule has 2 aliphatic heterocycles. The molecule has 0 aliphatic carbocycles. The number of piperidine rings is 1. The molecule has 1 aromatic rings. The van der Waals surface area contributed by atoms with Crippen molar-refractivity contribution in [3.05, 3.63) is 35.4 Å². The predicted octanol–water partition coefficient (Wildman–Crippen LogP) is 2.22. The lowest BCUT2D eigenvalue weighted by Crippen LogP contribution is -2.40. The summed E-state index contributed by atoms with van der Waals surface area (Å²) in [5, 5.41) is 3.74. The van der Waals surface area contributed by atoms with E-state index in [9.17, 15) is 0 Å².